The van der Waals surface area contributed by atoms with Crippen molar-refractivity contribution in [1.29, 1.82) is 0 Å². The maximum Gasteiger partial charge on any atom is 0.290 e. The summed E-state index contributed by atoms with van der Waals surface area (Å²) in [6.45, 7) is 1.35. The number of hydrogen-bond donors (Lipinski definition) is 2. The highest BCUT2D eigenvalue weighted by atomic mass is 32.1. The second-order valence-electron chi connectivity index (χ2n) is 6.57. The summed E-state index contributed by atoms with van der Waals surface area (Å²) >= 11 is 1.30. The highest BCUT2D eigenvalue weighted by Gasteiger charge is 2.43. The lowest BCUT2D eigenvalue weighted by Crippen LogP contribution is -3.05. The number of thiophene rings is 1. The van der Waals surface area contributed by atoms with Gasteiger partial charge in [0, 0.05) is 25.4 Å². The molecule has 0 unspecified atom stereocenters. The number of carbonyl (C=O) groups excluding carboxylic acids is 2. The molecule has 1 aliphatic heterocycles. The fourth-order valence-electron chi connectivity index (χ4n) is 3.14. The second kappa shape index (κ2) is 7.80. The summed E-state index contributed by atoms with van der Waals surface area (Å²) in [6, 6.07) is 6.47. The minimum absolute atomic E-state index is 0.141. The van der Waals surface area contributed by atoms with Crippen LogP contribution < -0.4 is 4.90 Å². The molecule has 0 saturated carbocycles. The zero-order valence-corrected chi connectivity index (χ0v) is 15.6. The summed E-state index contributed by atoms with van der Waals surface area (Å²) < 4.78 is 0. The van der Waals surface area contributed by atoms with Crippen LogP contribution in [-0.2, 0) is 4.79 Å². The topological polar surface area (TPSA) is 74.9 Å². The quantitative estimate of drug-likeness (QED) is 0.718. The normalized spacial score (nSPS) is 17.4. The smallest absolute Gasteiger partial charge is 0.290 e. The van der Waals surface area contributed by atoms with Gasteiger partial charge in [-0.2, -0.15) is 0 Å². The Morgan fingerprint density at radius 1 is 1.35 bits per heavy atom. The summed E-state index contributed by atoms with van der Waals surface area (Å²) in [5.74, 6) is -1.25. The molecule has 0 spiro atoms. The van der Waals surface area contributed by atoms with Gasteiger partial charge in [-0.3, -0.25) is 14.6 Å². The molecule has 2 aromatic rings. The van der Waals surface area contributed by atoms with E-state index in [9.17, 15) is 14.7 Å². The predicted octanol–water partition coefficient (Wildman–Crippen LogP) is 1.26. The van der Waals surface area contributed by atoms with Gasteiger partial charge in [-0.05, 0) is 23.1 Å². The van der Waals surface area contributed by atoms with Crippen LogP contribution in [-0.4, -0.2) is 53.9 Å². The molecule has 3 rings (SSSR count). The van der Waals surface area contributed by atoms with Gasteiger partial charge in [-0.25, -0.2) is 0 Å². The van der Waals surface area contributed by atoms with Crippen LogP contribution in [0.3, 0.4) is 0 Å². The molecule has 7 heteroatoms. The third kappa shape index (κ3) is 3.54. The molecule has 1 amide bonds. The number of nitrogens with zero attached hydrogens (tertiary/aromatic N) is 2. The standard InChI is InChI=1S/C19H21N3O3S/c1-21(2)9-5-10-22-16(13-6-3-8-20-12-13)15(18(24)19(22)25)17(23)14-7-4-11-26-14/h3-4,6-8,11-12,16,24H,5,9-10H2,1-2H3/p+1/t16-/m0/s1. The number of ketones is 1. The van der Waals surface area contributed by atoms with Crippen LogP contribution in [0.4, 0.5) is 0 Å². The van der Waals surface area contributed by atoms with E-state index in [1.165, 1.54) is 16.2 Å². The molecule has 1 atom stereocenters. The molecule has 0 bridgehead atoms. The van der Waals surface area contributed by atoms with E-state index in [0.29, 0.717) is 11.4 Å². The summed E-state index contributed by atoms with van der Waals surface area (Å²) in [6.07, 6.45) is 4.06. The number of aliphatic hydroxyl groups excluding tert-OH is 1. The van der Waals surface area contributed by atoms with Crippen molar-refractivity contribution >= 4 is 23.0 Å². The van der Waals surface area contributed by atoms with Crippen molar-refractivity contribution < 1.29 is 19.6 Å². The van der Waals surface area contributed by atoms with Gasteiger partial charge < -0.3 is 14.9 Å². The molecule has 0 saturated heterocycles. The van der Waals surface area contributed by atoms with Gasteiger partial charge in [-0.15, -0.1) is 11.3 Å². The summed E-state index contributed by atoms with van der Waals surface area (Å²) in [5, 5.41) is 12.3. The zero-order valence-electron chi connectivity index (χ0n) is 14.8. The van der Waals surface area contributed by atoms with Crippen molar-refractivity contribution in [3.63, 3.8) is 0 Å². The van der Waals surface area contributed by atoms with E-state index in [2.05, 4.69) is 4.98 Å². The number of aliphatic hydroxyl groups is 1. The first-order valence-corrected chi connectivity index (χ1v) is 9.40. The largest absolute Gasteiger partial charge is 0.503 e. The molecule has 0 aliphatic carbocycles. The van der Waals surface area contributed by atoms with Crippen LogP contribution >= 0.6 is 11.3 Å². The Hall–Kier alpha value is -2.51. The van der Waals surface area contributed by atoms with Crippen LogP contribution in [0.1, 0.15) is 27.7 Å². The zero-order chi connectivity index (χ0) is 18.7. The lowest BCUT2D eigenvalue weighted by Gasteiger charge is -2.26. The lowest BCUT2D eigenvalue weighted by molar-refractivity contribution is -0.858. The molecule has 2 N–H and O–H groups in total. The van der Waals surface area contributed by atoms with Crippen molar-refractivity contribution in [3.05, 3.63) is 63.8 Å². The monoisotopic (exact) mass is 372 g/mol. The van der Waals surface area contributed by atoms with Crippen molar-refractivity contribution in [2.45, 2.75) is 12.5 Å². The SMILES string of the molecule is C[NH+](C)CCCN1C(=O)C(O)=C(C(=O)c2cccs2)[C@@H]1c1cccnc1. The van der Waals surface area contributed by atoms with Crippen molar-refractivity contribution in [3.8, 4) is 0 Å². The van der Waals surface area contributed by atoms with Crippen LogP contribution in [0.2, 0.25) is 0 Å². The molecule has 0 radical (unpaired) electrons. The number of nitrogens with one attached hydrogen (secondary N) is 1. The number of pyridine rings is 1. The molecular weight excluding hydrogens is 350 g/mol. The van der Waals surface area contributed by atoms with E-state index >= 15 is 0 Å². The van der Waals surface area contributed by atoms with Crippen molar-refractivity contribution in [1.82, 2.24) is 9.88 Å². The first-order chi connectivity index (χ1) is 12.5. The highest BCUT2D eigenvalue weighted by molar-refractivity contribution is 7.12. The van der Waals surface area contributed by atoms with E-state index in [4.69, 9.17) is 0 Å². The maximum atomic E-state index is 13.0. The minimum atomic E-state index is -0.608. The van der Waals surface area contributed by atoms with Gasteiger partial charge in [0.15, 0.2) is 5.76 Å². The molecule has 26 heavy (non-hydrogen) atoms. The second-order valence-corrected chi connectivity index (χ2v) is 7.51. The van der Waals surface area contributed by atoms with E-state index in [1.807, 2.05) is 20.2 Å². The van der Waals surface area contributed by atoms with Gasteiger partial charge in [-0.1, -0.05) is 12.1 Å². The van der Waals surface area contributed by atoms with Gasteiger partial charge in [0.2, 0.25) is 5.78 Å². The van der Waals surface area contributed by atoms with E-state index in [-0.39, 0.29) is 11.4 Å². The third-order valence-electron chi connectivity index (χ3n) is 4.37. The Morgan fingerprint density at radius 3 is 2.77 bits per heavy atom. The van der Waals surface area contributed by atoms with Gasteiger partial charge in [0.25, 0.3) is 5.91 Å². The Bertz CT molecular complexity index is 816. The van der Waals surface area contributed by atoms with Crippen LogP contribution in [0.15, 0.2) is 53.4 Å². The van der Waals surface area contributed by atoms with E-state index < -0.39 is 17.7 Å². The summed E-state index contributed by atoms with van der Waals surface area (Å²) in [7, 11) is 4.09. The highest BCUT2D eigenvalue weighted by Crippen LogP contribution is 2.39. The van der Waals surface area contributed by atoms with Crippen LogP contribution in [0.5, 0.6) is 0 Å². The number of amides is 1. The molecule has 3 heterocycles. The predicted molar refractivity (Wildman–Crippen MR) is 99.3 cm³/mol. The number of hydrogen-bond acceptors (Lipinski definition) is 5. The molecule has 0 aromatic carbocycles. The average molecular weight is 372 g/mol. The first kappa shape index (κ1) is 18.3. The number of Topliss-reactive ketones (excluding diaryl/α,β-unsaturated/α-hetero) is 1. The van der Waals surface area contributed by atoms with E-state index in [1.54, 1.807) is 40.9 Å². The lowest BCUT2D eigenvalue weighted by atomic mass is 9.96. The number of rotatable bonds is 7. The fourth-order valence-corrected chi connectivity index (χ4v) is 3.82. The molecule has 1 aliphatic rings. The number of carbonyl (C=O) groups is 2. The van der Waals surface area contributed by atoms with E-state index in [0.717, 1.165) is 18.5 Å². The first-order valence-electron chi connectivity index (χ1n) is 8.52. The van der Waals surface area contributed by atoms with Crippen molar-refractivity contribution in [2.75, 3.05) is 27.2 Å². The molecule has 6 nitrogen and oxygen atoms in total. The Kier molecular flexibility index (Phi) is 5.49. The minimum Gasteiger partial charge on any atom is -0.503 e. The molecule has 136 valence electrons. The van der Waals surface area contributed by atoms with Gasteiger partial charge >= 0.3 is 0 Å². The van der Waals surface area contributed by atoms with Crippen molar-refractivity contribution in [2.24, 2.45) is 0 Å². The summed E-state index contributed by atoms with van der Waals surface area (Å²) in [5.41, 5.74) is 0.865. The summed E-state index contributed by atoms with van der Waals surface area (Å²) in [4.78, 5) is 33.1. The molecule has 0 fully saturated rings. The average Bonchev–Trinajstić information content (AvgIpc) is 3.24. The Morgan fingerprint density at radius 2 is 2.15 bits per heavy atom. The third-order valence-corrected chi connectivity index (χ3v) is 5.24. The van der Waals surface area contributed by atoms with Crippen LogP contribution in [0.25, 0.3) is 0 Å². The Labute approximate surface area is 156 Å². The fraction of sp³-hybridized carbons (Fsp3) is 0.316. The molecular formula is C19H22N3O3S+. The van der Waals surface area contributed by atoms with Gasteiger partial charge in [0.05, 0.1) is 37.1 Å². The maximum absolute atomic E-state index is 13.0. The van der Waals surface area contributed by atoms with Crippen LogP contribution in [0, 0.1) is 0 Å². The number of quaternary nitrogens is 1. The number of aromatic nitrogens is 1. The van der Waals surface area contributed by atoms with Gasteiger partial charge in [0.1, 0.15) is 0 Å². The Balaban J connectivity index is 1.97. The molecule has 2 aromatic heterocycles.